The van der Waals surface area contributed by atoms with E-state index >= 15 is 0 Å². The molecule has 22 heavy (non-hydrogen) atoms. The van der Waals surface area contributed by atoms with Crippen LogP contribution in [0.4, 0.5) is 5.13 Å². The van der Waals surface area contributed by atoms with Crippen LogP contribution < -0.4 is 5.32 Å². The molecule has 0 saturated heterocycles. The molecule has 9 heteroatoms. The first-order valence-electron chi connectivity index (χ1n) is 6.21. The highest BCUT2D eigenvalue weighted by Gasteiger charge is 2.10. The highest BCUT2D eigenvalue weighted by Crippen LogP contribution is 2.21. The number of aromatic amines is 1. The SMILES string of the molecule is O=C(CSc1n[nH]c(-c2ccc(Cl)cc2)n1)Nc1nccs1. The van der Waals surface area contributed by atoms with Gasteiger partial charge in [-0.25, -0.2) is 9.97 Å². The zero-order chi connectivity index (χ0) is 15.4. The van der Waals surface area contributed by atoms with Crippen molar-refractivity contribution in [2.75, 3.05) is 11.1 Å². The summed E-state index contributed by atoms with van der Waals surface area (Å²) in [6, 6.07) is 7.28. The number of thioether (sulfide) groups is 1. The Hall–Kier alpha value is -1.90. The van der Waals surface area contributed by atoms with Gasteiger partial charge in [0.1, 0.15) is 0 Å². The van der Waals surface area contributed by atoms with Crippen LogP contribution in [0.15, 0.2) is 41.0 Å². The molecule has 0 saturated carbocycles. The third kappa shape index (κ3) is 3.85. The summed E-state index contributed by atoms with van der Waals surface area (Å²) in [7, 11) is 0. The van der Waals surface area contributed by atoms with Crippen molar-refractivity contribution < 1.29 is 4.79 Å². The summed E-state index contributed by atoms with van der Waals surface area (Å²) in [5.41, 5.74) is 0.885. The molecule has 6 nitrogen and oxygen atoms in total. The third-order valence-electron chi connectivity index (χ3n) is 2.59. The summed E-state index contributed by atoms with van der Waals surface area (Å²) in [6.07, 6.45) is 1.64. The van der Waals surface area contributed by atoms with Crippen LogP contribution in [-0.4, -0.2) is 31.8 Å². The van der Waals surface area contributed by atoms with E-state index < -0.39 is 0 Å². The van der Waals surface area contributed by atoms with E-state index in [1.54, 1.807) is 23.7 Å². The molecule has 0 atom stereocenters. The van der Waals surface area contributed by atoms with Gasteiger partial charge in [-0.15, -0.1) is 16.4 Å². The van der Waals surface area contributed by atoms with Crippen molar-refractivity contribution in [2.45, 2.75) is 5.16 Å². The van der Waals surface area contributed by atoms with E-state index in [9.17, 15) is 4.79 Å². The first-order valence-corrected chi connectivity index (χ1v) is 8.45. The van der Waals surface area contributed by atoms with Crippen molar-refractivity contribution in [3.8, 4) is 11.4 Å². The van der Waals surface area contributed by atoms with E-state index in [-0.39, 0.29) is 11.7 Å². The molecule has 2 N–H and O–H groups in total. The molecule has 0 unspecified atom stereocenters. The topological polar surface area (TPSA) is 83.6 Å². The summed E-state index contributed by atoms with van der Waals surface area (Å²) >= 11 is 8.48. The van der Waals surface area contributed by atoms with Crippen LogP contribution in [-0.2, 0) is 4.79 Å². The fourth-order valence-corrected chi connectivity index (χ4v) is 2.89. The fourth-order valence-electron chi connectivity index (χ4n) is 1.62. The van der Waals surface area contributed by atoms with Crippen molar-refractivity contribution in [3.05, 3.63) is 40.9 Å². The van der Waals surface area contributed by atoms with Gasteiger partial charge in [0, 0.05) is 22.2 Å². The fraction of sp³-hybridized carbons (Fsp3) is 0.0769. The predicted molar refractivity (Wildman–Crippen MR) is 88.3 cm³/mol. The van der Waals surface area contributed by atoms with Gasteiger partial charge in [-0.1, -0.05) is 23.4 Å². The molecular weight excluding hydrogens is 342 g/mol. The van der Waals surface area contributed by atoms with Crippen molar-refractivity contribution in [1.82, 2.24) is 20.2 Å². The number of H-pyrrole nitrogens is 1. The Morgan fingerprint density at radius 2 is 2.18 bits per heavy atom. The van der Waals surface area contributed by atoms with Gasteiger partial charge in [-0.05, 0) is 24.3 Å². The molecule has 0 aliphatic carbocycles. The molecule has 2 aromatic heterocycles. The Morgan fingerprint density at radius 3 is 2.91 bits per heavy atom. The third-order valence-corrected chi connectivity index (χ3v) is 4.38. The van der Waals surface area contributed by atoms with Gasteiger partial charge in [0.25, 0.3) is 0 Å². The number of carbonyl (C=O) groups is 1. The number of aromatic nitrogens is 4. The summed E-state index contributed by atoms with van der Waals surface area (Å²) in [5, 5.41) is 13.2. The molecule has 1 aromatic carbocycles. The molecule has 1 amide bonds. The van der Waals surface area contributed by atoms with Crippen LogP contribution >= 0.6 is 34.7 Å². The largest absolute Gasteiger partial charge is 0.301 e. The predicted octanol–water partition coefficient (Wildman–Crippen LogP) is 3.31. The van der Waals surface area contributed by atoms with Crippen LogP contribution in [0.5, 0.6) is 0 Å². The molecule has 0 fully saturated rings. The smallest absolute Gasteiger partial charge is 0.236 e. The van der Waals surface area contributed by atoms with E-state index in [0.717, 1.165) is 5.56 Å². The lowest BCUT2D eigenvalue weighted by Gasteiger charge is -1.98. The number of nitrogens with zero attached hydrogens (tertiary/aromatic N) is 3. The van der Waals surface area contributed by atoms with Gasteiger partial charge in [0.2, 0.25) is 11.1 Å². The van der Waals surface area contributed by atoms with Gasteiger partial charge in [0.15, 0.2) is 11.0 Å². The number of amides is 1. The molecule has 3 aromatic rings. The summed E-state index contributed by atoms with van der Waals surface area (Å²) in [4.78, 5) is 20.1. The minimum atomic E-state index is -0.141. The molecule has 2 heterocycles. The molecule has 0 aliphatic heterocycles. The molecule has 0 spiro atoms. The van der Waals surface area contributed by atoms with Crippen molar-refractivity contribution in [3.63, 3.8) is 0 Å². The Bertz CT molecular complexity index is 757. The summed E-state index contributed by atoms with van der Waals surface area (Å²) < 4.78 is 0. The Morgan fingerprint density at radius 1 is 1.36 bits per heavy atom. The second kappa shape index (κ2) is 6.91. The van der Waals surface area contributed by atoms with Gasteiger partial charge in [-0.3, -0.25) is 9.89 Å². The van der Waals surface area contributed by atoms with E-state index in [1.165, 1.54) is 23.1 Å². The van der Waals surface area contributed by atoms with Crippen LogP contribution in [0.25, 0.3) is 11.4 Å². The molecular formula is C13H10ClN5OS2. The average Bonchev–Trinajstić information content (AvgIpc) is 3.17. The molecule has 3 rings (SSSR count). The normalized spacial score (nSPS) is 10.6. The second-order valence-corrected chi connectivity index (χ2v) is 6.42. The van der Waals surface area contributed by atoms with Crippen molar-refractivity contribution >= 4 is 45.7 Å². The number of carbonyl (C=O) groups excluding carboxylic acids is 1. The highest BCUT2D eigenvalue weighted by atomic mass is 35.5. The zero-order valence-electron chi connectivity index (χ0n) is 11.1. The van der Waals surface area contributed by atoms with E-state index in [1.807, 2.05) is 12.1 Å². The van der Waals surface area contributed by atoms with Crippen molar-refractivity contribution in [2.24, 2.45) is 0 Å². The van der Waals surface area contributed by atoms with Gasteiger partial charge >= 0.3 is 0 Å². The van der Waals surface area contributed by atoms with E-state index in [2.05, 4.69) is 25.5 Å². The second-order valence-electron chi connectivity index (χ2n) is 4.15. The Balaban J connectivity index is 1.57. The minimum absolute atomic E-state index is 0.141. The zero-order valence-corrected chi connectivity index (χ0v) is 13.5. The maximum absolute atomic E-state index is 11.8. The minimum Gasteiger partial charge on any atom is -0.301 e. The average molecular weight is 352 g/mol. The number of thiazole rings is 1. The van der Waals surface area contributed by atoms with Crippen molar-refractivity contribution in [1.29, 1.82) is 0 Å². The quantitative estimate of drug-likeness (QED) is 0.689. The van der Waals surface area contributed by atoms with E-state index in [4.69, 9.17) is 11.6 Å². The maximum Gasteiger partial charge on any atom is 0.236 e. The molecule has 0 radical (unpaired) electrons. The van der Waals surface area contributed by atoms with E-state index in [0.29, 0.717) is 21.1 Å². The number of rotatable bonds is 5. The molecule has 112 valence electrons. The van der Waals surface area contributed by atoms with Crippen LogP contribution in [0, 0.1) is 0 Å². The maximum atomic E-state index is 11.8. The van der Waals surface area contributed by atoms with Gasteiger partial charge in [-0.2, -0.15) is 0 Å². The Labute approximate surface area is 139 Å². The summed E-state index contributed by atoms with van der Waals surface area (Å²) in [6.45, 7) is 0. The lowest BCUT2D eigenvalue weighted by molar-refractivity contribution is -0.113. The Kier molecular flexibility index (Phi) is 4.71. The standard InChI is InChI=1S/C13H10ClN5OS2/c14-9-3-1-8(2-4-9)11-17-13(19-18-11)22-7-10(20)16-12-15-5-6-21-12/h1-6H,7H2,(H,15,16,20)(H,17,18,19). The van der Waals surface area contributed by atoms with Crippen LogP contribution in [0.3, 0.4) is 0 Å². The lowest BCUT2D eigenvalue weighted by atomic mass is 10.2. The van der Waals surface area contributed by atoms with Crippen LogP contribution in [0.1, 0.15) is 0 Å². The number of hydrogen-bond donors (Lipinski definition) is 2. The number of halogens is 1. The number of nitrogens with one attached hydrogen (secondary N) is 2. The molecule has 0 bridgehead atoms. The van der Waals surface area contributed by atoms with Gasteiger partial charge in [0.05, 0.1) is 5.75 Å². The lowest BCUT2D eigenvalue weighted by Crippen LogP contribution is -2.13. The first kappa shape index (κ1) is 15.0. The number of hydrogen-bond acceptors (Lipinski definition) is 6. The van der Waals surface area contributed by atoms with Gasteiger partial charge < -0.3 is 5.32 Å². The highest BCUT2D eigenvalue weighted by molar-refractivity contribution is 7.99. The van der Waals surface area contributed by atoms with Crippen LogP contribution in [0.2, 0.25) is 5.02 Å². The monoisotopic (exact) mass is 351 g/mol. The number of benzene rings is 1. The first-order chi connectivity index (χ1) is 10.7. The summed E-state index contributed by atoms with van der Waals surface area (Å²) in [5.74, 6) is 0.717. The number of anilines is 1. The molecule has 0 aliphatic rings.